The van der Waals surface area contributed by atoms with E-state index in [9.17, 15) is 9.59 Å². The van der Waals surface area contributed by atoms with Gasteiger partial charge >= 0.3 is 5.97 Å². The topological polar surface area (TPSA) is 83.1 Å². The second-order valence-corrected chi connectivity index (χ2v) is 6.39. The molecule has 0 aromatic heterocycles. The van der Waals surface area contributed by atoms with E-state index in [2.05, 4.69) is 5.32 Å². The molecule has 0 saturated carbocycles. The standard InChI is InChI=1S/C24H23NO6/c1-28-22-9-5-6-19(16-22)25-23(26)17-31-21-12-10-18(11-13-21)24(27)30-15-14-29-20-7-3-2-4-8-20/h2-13,16H,14-15,17H2,1H3,(H,25,26). The largest absolute Gasteiger partial charge is 0.497 e. The van der Waals surface area contributed by atoms with Crippen LogP contribution in [-0.4, -0.2) is 38.8 Å². The number of amides is 1. The van der Waals surface area contributed by atoms with Gasteiger partial charge in [0.2, 0.25) is 0 Å². The summed E-state index contributed by atoms with van der Waals surface area (Å²) in [5.41, 5.74) is 0.996. The summed E-state index contributed by atoms with van der Waals surface area (Å²) in [6, 6.07) is 22.7. The van der Waals surface area contributed by atoms with Crippen LogP contribution in [0.4, 0.5) is 5.69 Å². The van der Waals surface area contributed by atoms with Crippen LogP contribution in [0.25, 0.3) is 0 Å². The number of nitrogens with one attached hydrogen (secondary N) is 1. The fraction of sp³-hybridized carbons (Fsp3) is 0.167. The molecular weight excluding hydrogens is 398 g/mol. The predicted octanol–water partition coefficient (Wildman–Crippen LogP) is 3.95. The van der Waals surface area contributed by atoms with Gasteiger partial charge in [-0.05, 0) is 48.5 Å². The molecular formula is C24H23NO6. The minimum absolute atomic E-state index is 0.135. The van der Waals surface area contributed by atoms with Crippen molar-refractivity contribution in [2.24, 2.45) is 0 Å². The van der Waals surface area contributed by atoms with E-state index in [0.29, 0.717) is 22.7 Å². The lowest BCUT2D eigenvalue weighted by Crippen LogP contribution is -2.20. The number of esters is 1. The number of hydrogen-bond acceptors (Lipinski definition) is 6. The van der Waals surface area contributed by atoms with Crippen LogP contribution in [0.3, 0.4) is 0 Å². The molecule has 0 aliphatic rings. The lowest BCUT2D eigenvalue weighted by molar-refractivity contribution is -0.118. The van der Waals surface area contributed by atoms with Crippen LogP contribution in [0.2, 0.25) is 0 Å². The molecule has 0 unspecified atom stereocenters. The summed E-state index contributed by atoms with van der Waals surface area (Å²) in [4.78, 5) is 24.1. The van der Waals surface area contributed by atoms with Gasteiger partial charge in [0.1, 0.15) is 30.5 Å². The van der Waals surface area contributed by atoms with Crippen molar-refractivity contribution in [2.75, 3.05) is 32.2 Å². The second-order valence-electron chi connectivity index (χ2n) is 6.39. The van der Waals surface area contributed by atoms with Crippen molar-refractivity contribution in [3.8, 4) is 17.2 Å². The molecule has 0 spiro atoms. The maximum atomic E-state index is 12.1. The van der Waals surface area contributed by atoms with Crippen molar-refractivity contribution >= 4 is 17.6 Å². The van der Waals surface area contributed by atoms with Crippen LogP contribution < -0.4 is 19.5 Å². The zero-order chi connectivity index (χ0) is 21.9. The number of ether oxygens (including phenoxy) is 4. The van der Waals surface area contributed by atoms with Gasteiger partial charge < -0.3 is 24.3 Å². The summed E-state index contributed by atoms with van der Waals surface area (Å²) >= 11 is 0. The summed E-state index contributed by atoms with van der Waals surface area (Å²) < 4.78 is 21.3. The van der Waals surface area contributed by atoms with Gasteiger partial charge in [-0.25, -0.2) is 4.79 Å². The minimum Gasteiger partial charge on any atom is -0.497 e. The molecule has 0 bridgehead atoms. The lowest BCUT2D eigenvalue weighted by atomic mass is 10.2. The highest BCUT2D eigenvalue weighted by Crippen LogP contribution is 2.17. The zero-order valence-corrected chi connectivity index (χ0v) is 17.1. The van der Waals surface area contributed by atoms with Crippen LogP contribution in [0.15, 0.2) is 78.9 Å². The first-order chi connectivity index (χ1) is 15.1. The molecule has 160 valence electrons. The molecule has 7 heteroatoms. The Morgan fingerprint density at radius 1 is 0.774 bits per heavy atom. The van der Waals surface area contributed by atoms with Gasteiger partial charge in [0.15, 0.2) is 6.61 Å². The summed E-state index contributed by atoms with van der Waals surface area (Å²) in [5.74, 6) is 1.06. The van der Waals surface area contributed by atoms with Crippen molar-refractivity contribution in [3.63, 3.8) is 0 Å². The third-order valence-corrected chi connectivity index (χ3v) is 4.14. The molecule has 0 atom stereocenters. The predicted molar refractivity (Wildman–Crippen MR) is 116 cm³/mol. The Morgan fingerprint density at radius 2 is 1.48 bits per heavy atom. The number of carbonyl (C=O) groups is 2. The maximum Gasteiger partial charge on any atom is 0.338 e. The average Bonchev–Trinajstić information content (AvgIpc) is 2.81. The maximum absolute atomic E-state index is 12.1. The van der Waals surface area contributed by atoms with E-state index >= 15 is 0 Å². The Kier molecular flexibility index (Phi) is 7.88. The lowest BCUT2D eigenvalue weighted by Gasteiger charge is -2.09. The van der Waals surface area contributed by atoms with Crippen LogP contribution >= 0.6 is 0 Å². The first-order valence-corrected chi connectivity index (χ1v) is 9.66. The average molecular weight is 421 g/mol. The highest BCUT2D eigenvalue weighted by molar-refractivity contribution is 5.92. The van der Waals surface area contributed by atoms with Crippen molar-refractivity contribution in [1.29, 1.82) is 0 Å². The van der Waals surface area contributed by atoms with Gasteiger partial charge in [0.25, 0.3) is 5.91 Å². The third-order valence-electron chi connectivity index (χ3n) is 4.14. The van der Waals surface area contributed by atoms with Crippen molar-refractivity contribution in [3.05, 3.63) is 84.4 Å². The van der Waals surface area contributed by atoms with Crippen molar-refractivity contribution in [1.82, 2.24) is 0 Å². The summed E-state index contributed by atoms with van der Waals surface area (Å²) in [7, 11) is 1.56. The molecule has 0 radical (unpaired) electrons. The molecule has 0 aliphatic carbocycles. The number of benzene rings is 3. The number of hydrogen-bond donors (Lipinski definition) is 1. The van der Waals surface area contributed by atoms with Gasteiger partial charge in [-0.15, -0.1) is 0 Å². The Morgan fingerprint density at radius 3 is 2.23 bits per heavy atom. The van der Waals surface area contributed by atoms with Crippen LogP contribution in [0, 0.1) is 0 Å². The van der Waals surface area contributed by atoms with E-state index in [4.69, 9.17) is 18.9 Å². The Bertz CT molecular complexity index is 988. The fourth-order valence-corrected chi connectivity index (χ4v) is 2.63. The number of carbonyl (C=O) groups excluding carboxylic acids is 2. The Hall–Kier alpha value is -4.00. The molecule has 3 rings (SSSR count). The zero-order valence-electron chi connectivity index (χ0n) is 17.1. The first-order valence-electron chi connectivity index (χ1n) is 9.66. The Labute approximate surface area is 180 Å². The van der Waals surface area contributed by atoms with E-state index in [1.807, 2.05) is 30.3 Å². The second kappa shape index (κ2) is 11.3. The molecule has 0 heterocycles. The summed E-state index contributed by atoms with van der Waals surface area (Å²) in [6.07, 6.45) is 0. The van der Waals surface area contributed by atoms with Gasteiger partial charge in [-0.1, -0.05) is 24.3 Å². The van der Waals surface area contributed by atoms with Gasteiger partial charge in [-0.3, -0.25) is 4.79 Å². The molecule has 3 aromatic carbocycles. The Balaban J connectivity index is 1.39. The van der Waals surface area contributed by atoms with Gasteiger partial charge in [0.05, 0.1) is 12.7 Å². The number of anilines is 1. The van der Waals surface area contributed by atoms with E-state index in [1.165, 1.54) is 0 Å². The van der Waals surface area contributed by atoms with E-state index in [0.717, 1.165) is 5.75 Å². The van der Waals surface area contributed by atoms with Crippen LogP contribution in [-0.2, 0) is 9.53 Å². The number of rotatable bonds is 10. The molecule has 1 amide bonds. The van der Waals surface area contributed by atoms with Gasteiger partial charge in [-0.2, -0.15) is 0 Å². The summed E-state index contributed by atoms with van der Waals surface area (Å²) in [5, 5.41) is 2.73. The van der Waals surface area contributed by atoms with Crippen molar-refractivity contribution < 1.29 is 28.5 Å². The first kappa shape index (κ1) is 21.7. The van der Waals surface area contributed by atoms with Crippen molar-refractivity contribution in [2.45, 2.75) is 0 Å². The van der Waals surface area contributed by atoms with E-state index in [1.54, 1.807) is 55.6 Å². The number of methoxy groups -OCH3 is 1. The van der Waals surface area contributed by atoms with E-state index < -0.39 is 5.97 Å². The molecule has 0 fully saturated rings. The molecule has 1 N–H and O–H groups in total. The molecule has 31 heavy (non-hydrogen) atoms. The van der Waals surface area contributed by atoms with Crippen LogP contribution in [0.1, 0.15) is 10.4 Å². The van der Waals surface area contributed by atoms with Crippen LogP contribution in [0.5, 0.6) is 17.2 Å². The third kappa shape index (κ3) is 7.08. The SMILES string of the molecule is COc1cccc(NC(=O)COc2ccc(C(=O)OCCOc3ccccc3)cc2)c1. The molecule has 0 aliphatic heterocycles. The highest BCUT2D eigenvalue weighted by atomic mass is 16.6. The van der Waals surface area contributed by atoms with Gasteiger partial charge in [0, 0.05) is 11.8 Å². The molecule has 0 saturated heterocycles. The minimum atomic E-state index is -0.459. The summed E-state index contributed by atoms with van der Waals surface area (Å²) in [6.45, 7) is 0.230. The smallest absolute Gasteiger partial charge is 0.338 e. The van der Waals surface area contributed by atoms with E-state index in [-0.39, 0.29) is 25.7 Å². The fourth-order valence-electron chi connectivity index (χ4n) is 2.63. The normalized spacial score (nSPS) is 10.1. The number of para-hydroxylation sites is 1. The quantitative estimate of drug-likeness (QED) is 0.394. The molecule has 3 aromatic rings. The highest BCUT2D eigenvalue weighted by Gasteiger charge is 2.09. The monoisotopic (exact) mass is 421 g/mol. The molecule has 7 nitrogen and oxygen atoms in total.